The van der Waals surface area contributed by atoms with Crippen molar-refractivity contribution < 1.29 is 4.74 Å². The monoisotopic (exact) mass is 268 g/mol. The molecule has 0 aliphatic rings. The molecule has 4 N–H and O–H groups in total. The van der Waals surface area contributed by atoms with E-state index < -0.39 is 0 Å². The van der Waals surface area contributed by atoms with Gasteiger partial charge in [-0.15, -0.1) is 0 Å². The van der Waals surface area contributed by atoms with Crippen LogP contribution in [-0.2, 0) is 0 Å². The first-order valence-electron chi connectivity index (χ1n) is 4.84. The van der Waals surface area contributed by atoms with Crippen LogP contribution in [-0.4, -0.2) is 0 Å². The number of nitrogen functional groups attached to an aromatic ring is 2. The van der Waals surface area contributed by atoms with Gasteiger partial charge in [-0.2, -0.15) is 0 Å². The summed E-state index contributed by atoms with van der Waals surface area (Å²) < 4.78 is 5.58. The minimum atomic E-state index is 0.430. The van der Waals surface area contributed by atoms with Crippen molar-refractivity contribution in [3.63, 3.8) is 0 Å². The largest absolute Gasteiger partial charge is 0.454 e. The highest BCUT2D eigenvalue weighted by Crippen LogP contribution is 2.34. The molecule has 5 heteroatoms. The van der Waals surface area contributed by atoms with Gasteiger partial charge in [-0.25, -0.2) is 0 Å². The van der Waals surface area contributed by atoms with Crippen molar-refractivity contribution in [1.82, 2.24) is 0 Å². The molecule has 2 aromatic carbocycles. The van der Waals surface area contributed by atoms with Crippen LogP contribution < -0.4 is 16.2 Å². The normalized spacial score (nSPS) is 10.2. The van der Waals surface area contributed by atoms with Crippen LogP contribution >= 0.6 is 23.2 Å². The molecular weight excluding hydrogens is 259 g/mol. The van der Waals surface area contributed by atoms with Crippen molar-refractivity contribution in [2.45, 2.75) is 0 Å². The molecule has 0 spiro atoms. The van der Waals surface area contributed by atoms with Crippen molar-refractivity contribution in [3.05, 3.63) is 46.4 Å². The Balaban J connectivity index is 2.31. The van der Waals surface area contributed by atoms with Crippen LogP contribution in [0.25, 0.3) is 0 Å². The van der Waals surface area contributed by atoms with Crippen molar-refractivity contribution in [2.75, 3.05) is 11.5 Å². The molecular formula is C12H10Cl2N2O. The number of hydrogen-bond donors (Lipinski definition) is 2. The van der Waals surface area contributed by atoms with Gasteiger partial charge in [0.15, 0.2) is 0 Å². The summed E-state index contributed by atoms with van der Waals surface area (Å²) in [6, 6.07) is 9.99. The second-order valence-electron chi connectivity index (χ2n) is 3.47. The second kappa shape index (κ2) is 4.73. The van der Waals surface area contributed by atoms with Crippen LogP contribution in [0, 0.1) is 0 Å². The Bertz CT molecular complexity index is 509. The highest BCUT2D eigenvalue weighted by atomic mass is 35.5. The van der Waals surface area contributed by atoms with Crippen molar-refractivity contribution in [3.8, 4) is 11.5 Å². The minimum Gasteiger partial charge on any atom is -0.454 e. The summed E-state index contributed by atoms with van der Waals surface area (Å²) in [5.74, 6) is 0.996. The summed E-state index contributed by atoms with van der Waals surface area (Å²) in [7, 11) is 0. The fraction of sp³-hybridized carbons (Fsp3) is 0. The van der Waals surface area contributed by atoms with E-state index in [2.05, 4.69) is 0 Å². The van der Waals surface area contributed by atoms with Crippen LogP contribution in [0.4, 0.5) is 11.4 Å². The smallest absolute Gasteiger partial charge is 0.150 e. The van der Waals surface area contributed by atoms with Crippen molar-refractivity contribution >= 4 is 34.6 Å². The molecule has 88 valence electrons. The van der Waals surface area contributed by atoms with Crippen LogP contribution in [0.1, 0.15) is 0 Å². The Labute approximate surface area is 109 Å². The Hall–Kier alpha value is -1.58. The molecule has 0 amide bonds. The van der Waals surface area contributed by atoms with Gasteiger partial charge < -0.3 is 16.2 Å². The van der Waals surface area contributed by atoms with E-state index in [0.717, 1.165) is 0 Å². The SMILES string of the molecule is Nc1ccc(Oc2ccc(Cl)cc2N)c(Cl)c1. The van der Waals surface area contributed by atoms with E-state index >= 15 is 0 Å². The minimum absolute atomic E-state index is 0.430. The molecule has 0 fully saturated rings. The third-order valence-electron chi connectivity index (χ3n) is 2.15. The molecule has 0 bridgehead atoms. The van der Waals surface area contributed by atoms with Gasteiger partial charge in [0, 0.05) is 10.7 Å². The summed E-state index contributed by atoms with van der Waals surface area (Å²) in [5, 5.41) is 0.984. The lowest BCUT2D eigenvalue weighted by molar-refractivity contribution is 0.485. The van der Waals surface area contributed by atoms with Crippen LogP contribution in [0.5, 0.6) is 11.5 Å². The van der Waals surface area contributed by atoms with E-state index in [-0.39, 0.29) is 0 Å². The molecule has 0 atom stereocenters. The summed E-state index contributed by atoms with van der Waals surface area (Å²) in [4.78, 5) is 0. The van der Waals surface area contributed by atoms with E-state index in [9.17, 15) is 0 Å². The fourth-order valence-electron chi connectivity index (χ4n) is 1.33. The number of benzene rings is 2. The first-order chi connectivity index (χ1) is 8.06. The molecule has 0 heterocycles. The molecule has 17 heavy (non-hydrogen) atoms. The number of halogens is 2. The average Bonchev–Trinajstić information content (AvgIpc) is 2.25. The number of anilines is 2. The maximum absolute atomic E-state index is 5.99. The molecule has 0 aliphatic carbocycles. The summed E-state index contributed by atoms with van der Waals surface area (Å²) in [6.07, 6.45) is 0. The Kier molecular flexibility index (Phi) is 3.31. The zero-order chi connectivity index (χ0) is 12.4. The molecule has 0 saturated heterocycles. The van der Waals surface area contributed by atoms with E-state index in [1.807, 2.05) is 0 Å². The lowest BCUT2D eigenvalue weighted by Gasteiger charge is -2.10. The second-order valence-corrected chi connectivity index (χ2v) is 4.32. The van der Waals surface area contributed by atoms with Crippen molar-refractivity contribution in [2.24, 2.45) is 0 Å². The van der Waals surface area contributed by atoms with E-state index in [0.29, 0.717) is 32.9 Å². The first kappa shape index (κ1) is 11.9. The third kappa shape index (κ3) is 2.75. The molecule has 0 aliphatic heterocycles. The number of hydrogen-bond acceptors (Lipinski definition) is 3. The van der Waals surface area contributed by atoms with E-state index in [1.165, 1.54) is 0 Å². The van der Waals surface area contributed by atoms with Gasteiger partial charge in [0.2, 0.25) is 0 Å². The van der Waals surface area contributed by atoms with Gasteiger partial charge >= 0.3 is 0 Å². The predicted octanol–water partition coefficient (Wildman–Crippen LogP) is 3.95. The molecule has 2 aromatic rings. The Morgan fingerprint density at radius 2 is 1.59 bits per heavy atom. The Morgan fingerprint density at radius 1 is 0.882 bits per heavy atom. The van der Waals surface area contributed by atoms with Crippen molar-refractivity contribution in [1.29, 1.82) is 0 Å². The van der Waals surface area contributed by atoms with Gasteiger partial charge in [-0.05, 0) is 36.4 Å². The van der Waals surface area contributed by atoms with Gasteiger partial charge in [-0.1, -0.05) is 23.2 Å². The highest BCUT2D eigenvalue weighted by Gasteiger charge is 2.06. The highest BCUT2D eigenvalue weighted by molar-refractivity contribution is 6.32. The van der Waals surface area contributed by atoms with Gasteiger partial charge in [0.05, 0.1) is 10.7 Å². The van der Waals surface area contributed by atoms with E-state index in [4.69, 9.17) is 39.4 Å². The molecule has 0 radical (unpaired) electrons. The van der Waals surface area contributed by atoms with Crippen LogP contribution in [0.3, 0.4) is 0 Å². The lowest BCUT2D eigenvalue weighted by Crippen LogP contribution is -1.93. The van der Waals surface area contributed by atoms with Gasteiger partial charge in [-0.3, -0.25) is 0 Å². The zero-order valence-corrected chi connectivity index (χ0v) is 10.3. The summed E-state index contributed by atoms with van der Waals surface area (Å²) in [6.45, 7) is 0. The topological polar surface area (TPSA) is 61.3 Å². The standard InChI is InChI=1S/C12H10Cl2N2O/c13-7-1-3-12(10(16)5-7)17-11-4-2-8(15)6-9(11)14/h1-6H,15-16H2. The molecule has 0 unspecified atom stereocenters. The average molecular weight is 269 g/mol. The van der Waals surface area contributed by atoms with Gasteiger partial charge in [0.25, 0.3) is 0 Å². The maximum Gasteiger partial charge on any atom is 0.150 e. The predicted molar refractivity (Wildman–Crippen MR) is 71.8 cm³/mol. The molecule has 0 saturated carbocycles. The lowest BCUT2D eigenvalue weighted by atomic mass is 10.3. The number of rotatable bonds is 2. The van der Waals surface area contributed by atoms with Crippen LogP contribution in [0.15, 0.2) is 36.4 Å². The maximum atomic E-state index is 5.99. The number of ether oxygens (including phenoxy) is 1. The molecule has 3 nitrogen and oxygen atoms in total. The van der Waals surface area contributed by atoms with E-state index in [1.54, 1.807) is 36.4 Å². The summed E-state index contributed by atoms with van der Waals surface area (Å²) in [5.41, 5.74) is 12.4. The van der Waals surface area contributed by atoms with Gasteiger partial charge in [0.1, 0.15) is 11.5 Å². The number of nitrogens with two attached hydrogens (primary N) is 2. The first-order valence-corrected chi connectivity index (χ1v) is 5.60. The molecule has 0 aromatic heterocycles. The Morgan fingerprint density at radius 3 is 2.24 bits per heavy atom. The third-order valence-corrected chi connectivity index (χ3v) is 2.68. The fourth-order valence-corrected chi connectivity index (χ4v) is 1.74. The summed E-state index contributed by atoms with van der Waals surface area (Å²) >= 11 is 11.8. The molecule has 2 rings (SSSR count). The van der Waals surface area contributed by atoms with Crippen LogP contribution in [0.2, 0.25) is 10.0 Å². The zero-order valence-electron chi connectivity index (χ0n) is 8.78. The quantitative estimate of drug-likeness (QED) is 0.811.